The molecule has 2 aromatic heterocycles. The molecule has 4 aromatic rings. The fourth-order valence-electron chi connectivity index (χ4n) is 4.25. The zero-order chi connectivity index (χ0) is 22.9. The minimum atomic E-state index is -0.458. The summed E-state index contributed by atoms with van der Waals surface area (Å²) in [5, 5.41) is 4.07. The van der Waals surface area contributed by atoms with Crippen LogP contribution in [0.3, 0.4) is 0 Å². The Morgan fingerprint density at radius 2 is 1.88 bits per heavy atom. The van der Waals surface area contributed by atoms with Gasteiger partial charge in [0.2, 0.25) is 0 Å². The maximum atomic E-state index is 13.8. The normalized spacial score (nSPS) is 17.8. The number of halogens is 2. The summed E-state index contributed by atoms with van der Waals surface area (Å²) >= 11 is 11.9. The lowest BCUT2D eigenvalue weighted by atomic mass is 10.0. The minimum absolute atomic E-state index is 0.0649. The van der Waals surface area contributed by atoms with Gasteiger partial charge in [-0.25, -0.2) is 4.39 Å². The van der Waals surface area contributed by atoms with Crippen LogP contribution in [-0.4, -0.2) is 21.8 Å². The van der Waals surface area contributed by atoms with Gasteiger partial charge in [0.25, 0.3) is 0 Å². The second-order valence-electron chi connectivity index (χ2n) is 7.57. The standard InChI is InChI=1S/C25H20ClFN4OS/c1-32-22-10-3-2-8-20(22)31-24(23(29-25(31)33)19-7-4-5-13-28-19)21-9-6-14-30(21)16-11-12-18(27)17(26)15-16/h2-15,23-24H,1H3,(H,29,33)/t23-,24-/m1/s1. The van der Waals surface area contributed by atoms with E-state index < -0.39 is 5.82 Å². The Hall–Kier alpha value is -3.42. The van der Waals surface area contributed by atoms with Gasteiger partial charge in [0.1, 0.15) is 17.6 Å². The Morgan fingerprint density at radius 3 is 2.64 bits per heavy atom. The highest BCUT2D eigenvalue weighted by atomic mass is 35.5. The first-order chi connectivity index (χ1) is 16.1. The van der Waals surface area contributed by atoms with Gasteiger partial charge in [-0.1, -0.05) is 29.8 Å². The summed E-state index contributed by atoms with van der Waals surface area (Å²) in [7, 11) is 1.64. The van der Waals surface area contributed by atoms with E-state index in [2.05, 4.69) is 10.3 Å². The molecule has 0 spiro atoms. The summed E-state index contributed by atoms with van der Waals surface area (Å²) in [4.78, 5) is 6.64. The summed E-state index contributed by atoms with van der Waals surface area (Å²) in [5.74, 6) is 0.246. The summed E-state index contributed by atoms with van der Waals surface area (Å²) in [6.07, 6.45) is 3.69. The third kappa shape index (κ3) is 3.83. The number of pyridine rings is 1. The van der Waals surface area contributed by atoms with Crippen LogP contribution in [-0.2, 0) is 0 Å². The molecule has 8 heteroatoms. The van der Waals surface area contributed by atoms with Gasteiger partial charge in [0.15, 0.2) is 5.11 Å². The monoisotopic (exact) mass is 478 g/mol. The number of anilines is 1. The van der Waals surface area contributed by atoms with Crippen molar-refractivity contribution in [1.29, 1.82) is 0 Å². The van der Waals surface area contributed by atoms with E-state index in [1.54, 1.807) is 25.4 Å². The van der Waals surface area contributed by atoms with Gasteiger partial charge in [-0.05, 0) is 66.8 Å². The fraction of sp³-hybridized carbons (Fsp3) is 0.120. The first-order valence-electron chi connectivity index (χ1n) is 10.3. The first-order valence-corrected chi connectivity index (χ1v) is 11.1. The predicted molar refractivity (Wildman–Crippen MR) is 132 cm³/mol. The molecule has 1 saturated heterocycles. The van der Waals surface area contributed by atoms with Crippen molar-refractivity contribution in [2.24, 2.45) is 0 Å². The van der Waals surface area contributed by atoms with Gasteiger partial charge in [0, 0.05) is 23.8 Å². The Balaban J connectivity index is 1.69. The number of benzene rings is 2. The van der Waals surface area contributed by atoms with Crippen molar-refractivity contribution in [3.63, 3.8) is 0 Å². The smallest absolute Gasteiger partial charge is 0.174 e. The zero-order valence-corrected chi connectivity index (χ0v) is 19.2. The number of nitrogens with one attached hydrogen (secondary N) is 1. The second-order valence-corrected chi connectivity index (χ2v) is 8.36. The van der Waals surface area contributed by atoms with Crippen molar-refractivity contribution in [2.75, 3.05) is 12.0 Å². The predicted octanol–water partition coefficient (Wildman–Crippen LogP) is 5.85. The van der Waals surface area contributed by atoms with Gasteiger partial charge in [-0.3, -0.25) is 4.98 Å². The molecule has 33 heavy (non-hydrogen) atoms. The van der Waals surface area contributed by atoms with E-state index in [9.17, 15) is 4.39 Å². The number of hydrogen-bond donors (Lipinski definition) is 1. The number of methoxy groups -OCH3 is 1. The van der Waals surface area contributed by atoms with E-state index >= 15 is 0 Å². The molecule has 2 aromatic carbocycles. The number of hydrogen-bond acceptors (Lipinski definition) is 3. The summed E-state index contributed by atoms with van der Waals surface area (Å²) in [6.45, 7) is 0. The average molecular weight is 479 g/mol. The molecule has 1 N–H and O–H groups in total. The summed E-state index contributed by atoms with van der Waals surface area (Å²) in [5.41, 5.74) is 3.38. The first kappa shape index (κ1) is 21.4. The van der Waals surface area contributed by atoms with E-state index in [-0.39, 0.29) is 17.1 Å². The van der Waals surface area contributed by atoms with Crippen molar-refractivity contribution in [1.82, 2.24) is 14.9 Å². The number of thiocarbonyl (C=S) groups is 1. The zero-order valence-electron chi connectivity index (χ0n) is 17.7. The largest absolute Gasteiger partial charge is 0.495 e. The molecule has 3 heterocycles. The van der Waals surface area contributed by atoms with Crippen molar-refractivity contribution in [3.05, 3.63) is 107 Å². The molecule has 5 rings (SSSR count). The van der Waals surface area contributed by atoms with Crippen LogP contribution in [0.5, 0.6) is 5.75 Å². The van der Waals surface area contributed by atoms with Crippen molar-refractivity contribution < 1.29 is 9.13 Å². The van der Waals surface area contributed by atoms with Gasteiger partial charge < -0.3 is 19.5 Å². The minimum Gasteiger partial charge on any atom is -0.495 e. The molecule has 1 aliphatic heterocycles. The van der Waals surface area contributed by atoms with Crippen LogP contribution in [0.25, 0.3) is 5.69 Å². The highest BCUT2D eigenvalue weighted by Gasteiger charge is 2.43. The lowest BCUT2D eigenvalue weighted by molar-refractivity contribution is 0.414. The Kier molecular flexibility index (Phi) is 5.74. The van der Waals surface area contributed by atoms with Crippen molar-refractivity contribution in [3.8, 4) is 11.4 Å². The quantitative estimate of drug-likeness (QED) is 0.364. The molecule has 0 amide bonds. The summed E-state index contributed by atoms with van der Waals surface area (Å²) < 4.78 is 21.5. The molecule has 0 radical (unpaired) electrons. The number of ether oxygens (including phenoxy) is 1. The maximum absolute atomic E-state index is 13.8. The van der Waals surface area contributed by atoms with Gasteiger partial charge in [-0.2, -0.15) is 0 Å². The van der Waals surface area contributed by atoms with Crippen LogP contribution in [0.2, 0.25) is 5.02 Å². The van der Waals surface area contributed by atoms with Crippen LogP contribution >= 0.6 is 23.8 Å². The number of rotatable bonds is 5. The van der Waals surface area contributed by atoms with E-state index in [1.807, 2.05) is 70.3 Å². The molecule has 0 aliphatic carbocycles. The van der Waals surface area contributed by atoms with Crippen LogP contribution in [0.4, 0.5) is 10.1 Å². The van der Waals surface area contributed by atoms with E-state index in [0.717, 1.165) is 22.8 Å². The number of aromatic nitrogens is 2. The van der Waals surface area contributed by atoms with Gasteiger partial charge >= 0.3 is 0 Å². The molecule has 0 bridgehead atoms. The highest BCUT2D eigenvalue weighted by Crippen LogP contribution is 2.44. The topological polar surface area (TPSA) is 42.3 Å². The fourth-order valence-corrected chi connectivity index (χ4v) is 4.76. The number of para-hydroxylation sites is 2. The van der Waals surface area contributed by atoms with Crippen molar-refractivity contribution in [2.45, 2.75) is 12.1 Å². The molecule has 0 unspecified atom stereocenters. The van der Waals surface area contributed by atoms with Crippen LogP contribution in [0.15, 0.2) is 85.2 Å². The molecule has 166 valence electrons. The van der Waals surface area contributed by atoms with Gasteiger partial charge in [0.05, 0.1) is 29.6 Å². The molecular weight excluding hydrogens is 459 g/mol. The van der Waals surface area contributed by atoms with E-state index in [1.165, 1.54) is 6.07 Å². The SMILES string of the molecule is COc1ccccc1N1C(=S)N[C@H](c2ccccn2)[C@H]1c1cccn1-c1ccc(F)c(Cl)c1. The Morgan fingerprint density at radius 1 is 1.06 bits per heavy atom. The molecule has 2 atom stereocenters. The van der Waals surface area contributed by atoms with Crippen LogP contribution in [0, 0.1) is 5.82 Å². The molecule has 1 aliphatic rings. The summed E-state index contributed by atoms with van der Waals surface area (Å²) in [6, 6.07) is 21.7. The maximum Gasteiger partial charge on any atom is 0.174 e. The highest BCUT2D eigenvalue weighted by molar-refractivity contribution is 7.80. The Labute approximate surface area is 201 Å². The molecular formula is C25H20ClFN4OS. The lowest BCUT2D eigenvalue weighted by Crippen LogP contribution is -2.30. The third-order valence-electron chi connectivity index (χ3n) is 5.71. The van der Waals surface area contributed by atoms with Crippen LogP contribution < -0.4 is 15.0 Å². The molecule has 0 saturated carbocycles. The molecule has 5 nitrogen and oxygen atoms in total. The number of nitrogens with zero attached hydrogens (tertiary/aromatic N) is 3. The lowest BCUT2D eigenvalue weighted by Gasteiger charge is -2.30. The van der Waals surface area contributed by atoms with Crippen LogP contribution in [0.1, 0.15) is 23.5 Å². The average Bonchev–Trinajstić information content (AvgIpc) is 3.45. The second kappa shape index (κ2) is 8.84. The molecule has 1 fully saturated rings. The van der Waals surface area contributed by atoms with E-state index in [4.69, 9.17) is 28.6 Å². The van der Waals surface area contributed by atoms with Crippen molar-refractivity contribution >= 4 is 34.6 Å². The third-order valence-corrected chi connectivity index (χ3v) is 6.31. The Bertz CT molecular complexity index is 1310. The van der Waals surface area contributed by atoms with Gasteiger partial charge in [-0.15, -0.1) is 0 Å². The van der Waals surface area contributed by atoms with E-state index in [0.29, 0.717) is 10.9 Å².